The number of ketones is 2. The van der Waals surface area contributed by atoms with Crippen LogP contribution in [0.15, 0.2) is 0 Å². The zero-order valence-corrected chi connectivity index (χ0v) is 11.2. The van der Waals surface area contributed by atoms with E-state index in [1.165, 1.54) is 13.8 Å². The highest BCUT2D eigenvalue weighted by atomic mass is 32.1. The number of thiol groups is 1. The lowest BCUT2D eigenvalue weighted by molar-refractivity contribution is -0.159. The van der Waals surface area contributed by atoms with Crippen LogP contribution in [0.4, 0.5) is 0 Å². The first-order chi connectivity index (χ1) is 8.35. The first kappa shape index (κ1) is 16.6. The number of Topliss-reactive ketones (excluding diaryl/α,β-unsaturated/α-hetero) is 2. The number of esters is 2. The lowest BCUT2D eigenvalue weighted by Crippen LogP contribution is -2.27. The van der Waals surface area contributed by atoms with E-state index in [1.54, 1.807) is 0 Å². The monoisotopic (exact) mass is 276 g/mol. The number of hydrogen-bond donors (Lipinski definition) is 1. The third-order valence-electron chi connectivity index (χ3n) is 1.72. The van der Waals surface area contributed by atoms with Crippen LogP contribution in [0.2, 0.25) is 0 Å². The summed E-state index contributed by atoms with van der Waals surface area (Å²) >= 11 is 3.93. The quantitative estimate of drug-likeness (QED) is 0.390. The largest absolute Gasteiger partial charge is 0.461 e. The van der Waals surface area contributed by atoms with Crippen molar-refractivity contribution in [1.29, 1.82) is 0 Å². The normalized spacial score (nSPS) is 11.5. The van der Waals surface area contributed by atoms with E-state index in [-0.39, 0.29) is 36.8 Å². The Morgan fingerprint density at radius 2 is 1.50 bits per heavy atom. The molecule has 0 aliphatic heterocycles. The van der Waals surface area contributed by atoms with E-state index < -0.39 is 18.0 Å². The molecule has 0 aromatic rings. The van der Waals surface area contributed by atoms with Gasteiger partial charge in [0.05, 0.1) is 0 Å². The molecule has 0 saturated carbocycles. The second-order valence-corrected chi connectivity index (χ2v) is 4.10. The molecule has 0 saturated heterocycles. The molecular weight excluding hydrogens is 260 g/mol. The van der Waals surface area contributed by atoms with Gasteiger partial charge in [-0.1, -0.05) is 0 Å². The summed E-state index contributed by atoms with van der Waals surface area (Å²) < 4.78 is 9.61. The van der Waals surface area contributed by atoms with Gasteiger partial charge in [-0.15, -0.1) is 0 Å². The molecule has 0 aliphatic carbocycles. The Morgan fingerprint density at radius 3 is 1.94 bits per heavy atom. The van der Waals surface area contributed by atoms with Gasteiger partial charge >= 0.3 is 11.9 Å². The van der Waals surface area contributed by atoms with Gasteiger partial charge in [0, 0.05) is 5.75 Å². The van der Waals surface area contributed by atoms with Gasteiger partial charge in [-0.3, -0.25) is 19.2 Å². The van der Waals surface area contributed by atoms with Crippen molar-refractivity contribution >= 4 is 36.1 Å². The van der Waals surface area contributed by atoms with E-state index >= 15 is 0 Å². The van der Waals surface area contributed by atoms with Crippen molar-refractivity contribution in [2.75, 3.05) is 12.4 Å². The summed E-state index contributed by atoms with van der Waals surface area (Å²) in [6, 6.07) is 0. The van der Waals surface area contributed by atoms with Crippen LogP contribution >= 0.6 is 12.6 Å². The first-order valence-electron chi connectivity index (χ1n) is 5.30. The average molecular weight is 276 g/mol. The third-order valence-corrected chi connectivity index (χ3v) is 2.13. The summed E-state index contributed by atoms with van der Waals surface area (Å²) in [6.07, 6.45) is -1.37. The zero-order chi connectivity index (χ0) is 14.1. The topological polar surface area (TPSA) is 86.7 Å². The van der Waals surface area contributed by atoms with Crippen molar-refractivity contribution in [2.24, 2.45) is 0 Å². The van der Waals surface area contributed by atoms with E-state index in [4.69, 9.17) is 9.47 Å². The Bertz CT molecular complexity index is 338. The fourth-order valence-electron chi connectivity index (χ4n) is 0.995. The van der Waals surface area contributed by atoms with Crippen LogP contribution in [0.3, 0.4) is 0 Å². The van der Waals surface area contributed by atoms with Crippen molar-refractivity contribution in [3.63, 3.8) is 0 Å². The summed E-state index contributed by atoms with van der Waals surface area (Å²) in [7, 11) is 0. The maximum Gasteiger partial charge on any atom is 0.313 e. The summed E-state index contributed by atoms with van der Waals surface area (Å²) in [4.78, 5) is 43.5. The van der Waals surface area contributed by atoms with Crippen molar-refractivity contribution in [1.82, 2.24) is 0 Å². The molecule has 0 amide bonds. The highest BCUT2D eigenvalue weighted by molar-refractivity contribution is 7.80. The molecule has 18 heavy (non-hydrogen) atoms. The van der Waals surface area contributed by atoms with Crippen molar-refractivity contribution < 1.29 is 28.7 Å². The van der Waals surface area contributed by atoms with Crippen LogP contribution < -0.4 is 0 Å². The molecule has 6 nitrogen and oxygen atoms in total. The lowest BCUT2D eigenvalue weighted by atomic mass is 10.3. The molecule has 0 N–H and O–H groups in total. The smallest absolute Gasteiger partial charge is 0.313 e. The summed E-state index contributed by atoms with van der Waals surface area (Å²) in [6.45, 7) is 2.35. The molecule has 0 aromatic heterocycles. The molecule has 0 rings (SSSR count). The fraction of sp³-hybridized carbons (Fsp3) is 0.636. The molecule has 7 heteroatoms. The second kappa shape index (κ2) is 8.68. The maximum atomic E-state index is 11.2. The van der Waals surface area contributed by atoms with E-state index in [1.807, 2.05) is 0 Å². The van der Waals surface area contributed by atoms with Crippen molar-refractivity contribution in [2.45, 2.75) is 32.8 Å². The van der Waals surface area contributed by atoms with Gasteiger partial charge in [-0.25, -0.2) is 0 Å². The first-order valence-corrected chi connectivity index (χ1v) is 5.93. The van der Waals surface area contributed by atoms with Gasteiger partial charge in [0.1, 0.15) is 37.1 Å². The van der Waals surface area contributed by atoms with E-state index in [0.717, 1.165) is 0 Å². The van der Waals surface area contributed by atoms with Gasteiger partial charge in [-0.2, -0.15) is 12.6 Å². The molecule has 0 spiro atoms. The second-order valence-electron chi connectivity index (χ2n) is 3.74. The number of hydrogen-bond acceptors (Lipinski definition) is 7. The SMILES string of the molecule is CC(=O)CC(=O)OCC(CS)OC(=O)CC(C)=O. The van der Waals surface area contributed by atoms with Crippen molar-refractivity contribution in [3.8, 4) is 0 Å². The average Bonchev–Trinajstić information content (AvgIpc) is 2.21. The van der Waals surface area contributed by atoms with Crippen LogP contribution in [-0.4, -0.2) is 42.0 Å². The highest BCUT2D eigenvalue weighted by Gasteiger charge is 2.17. The minimum Gasteiger partial charge on any atom is -0.461 e. The van der Waals surface area contributed by atoms with E-state index in [2.05, 4.69) is 12.6 Å². The Hall–Kier alpha value is -1.37. The van der Waals surface area contributed by atoms with Crippen LogP contribution in [0.5, 0.6) is 0 Å². The maximum absolute atomic E-state index is 11.2. The standard InChI is InChI=1S/C11H16O6S/c1-7(12)3-10(14)16-5-9(6-18)17-11(15)4-8(2)13/h9,18H,3-6H2,1-2H3. The van der Waals surface area contributed by atoms with Gasteiger partial charge in [0.25, 0.3) is 0 Å². The van der Waals surface area contributed by atoms with Gasteiger partial charge < -0.3 is 9.47 Å². The van der Waals surface area contributed by atoms with Gasteiger partial charge in [0.15, 0.2) is 0 Å². The van der Waals surface area contributed by atoms with Crippen LogP contribution in [0.1, 0.15) is 26.7 Å². The predicted octanol–water partition coefficient (Wildman–Crippen LogP) is 0.329. The predicted molar refractivity (Wildman–Crippen MR) is 65.3 cm³/mol. The van der Waals surface area contributed by atoms with E-state index in [9.17, 15) is 19.2 Å². The van der Waals surface area contributed by atoms with Crippen molar-refractivity contribution in [3.05, 3.63) is 0 Å². The summed E-state index contributed by atoms with van der Waals surface area (Å²) in [5.74, 6) is -1.85. The fourth-order valence-corrected chi connectivity index (χ4v) is 1.17. The minimum atomic E-state index is -0.726. The number of rotatable bonds is 8. The molecule has 0 aromatic carbocycles. The molecule has 0 radical (unpaired) electrons. The minimum absolute atomic E-state index is 0.150. The highest BCUT2D eigenvalue weighted by Crippen LogP contribution is 2.01. The lowest BCUT2D eigenvalue weighted by Gasteiger charge is -2.15. The number of ether oxygens (including phenoxy) is 2. The molecule has 1 unspecified atom stereocenters. The summed E-state index contributed by atoms with van der Waals surface area (Å²) in [5.41, 5.74) is 0. The number of carbonyl (C=O) groups is 4. The van der Waals surface area contributed by atoms with Crippen LogP contribution in [-0.2, 0) is 28.7 Å². The Balaban J connectivity index is 4.04. The Kier molecular flexibility index (Phi) is 8.02. The molecular formula is C11H16O6S. The van der Waals surface area contributed by atoms with Crippen LogP contribution in [0, 0.1) is 0 Å². The molecule has 0 bridgehead atoms. The van der Waals surface area contributed by atoms with Gasteiger partial charge in [0.2, 0.25) is 0 Å². The third kappa shape index (κ3) is 8.74. The molecule has 0 heterocycles. The molecule has 102 valence electrons. The summed E-state index contributed by atoms with van der Waals surface area (Å²) in [5, 5.41) is 0. The number of carbonyl (C=O) groups excluding carboxylic acids is 4. The Morgan fingerprint density at radius 1 is 1.00 bits per heavy atom. The van der Waals surface area contributed by atoms with Crippen LogP contribution in [0.25, 0.3) is 0 Å². The molecule has 0 fully saturated rings. The molecule has 1 atom stereocenters. The molecule has 0 aliphatic rings. The van der Waals surface area contributed by atoms with Gasteiger partial charge in [-0.05, 0) is 13.8 Å². The zero-order valence-electron chi connectivity index (χ0n) is 10.3. The van der Waals surface area contributed by atoms with E-state index in [0.29, 0.717) is 0 Å². The Labute approximate surface area is 110 Å².